The summed E-state index contributed by atoms with van der Waals surface area (Å²) in [4.78, 5) is 14.0. The largest absolute Gasteiger partial charge is 0.353 e. The Bertz CT molecular complexity index is 954. The third-order valence-electron chi connectivity index (χ3n) is 3.56. The van der Waals surface area contributed by atoms with Crippen molar-refractivity contribution in [3.05, 3.63) is 70.5 Å². The van der Waals surface area contributed by atoms with Gasteiger partial charge in [-0.25, -0.2) is 4.98 Å². The first-order valence-electron chi connectivity index (χ1n) is 7.41. The number of benzene rings is 1. The fourth-order valence-electron chi connectivity index (χ4n) is 2.44. The fourth-order valence-corrected chi connectivity index (χ4v) is 3.51. The molecular formula is C18H13ClN4S. The van der Waals surface area contributed by atoms with Gasteiger partial charge in [-0.2, -0.15) is 0 Å². The van der Waals surface area contributed by atoms with E-state index in [1.54, 1.807) is 24.2 Å². The van der Waals surface area contributed by atoms with E-state index < -0.39 is 0 Å². The van der Waals surface area contributed by atoms with E-state index in [0.717, 1.165) is 27.1 Å². The van der Waals surface area contributed by atoms with Gasteiger partial charge in [0.15, 0.2) is 10.7 Å². The number of hydrogen-bond acceptors (Lipinski definition) is 5. The molecule has 4 nitrogen and oxygen atoms in total. The van der Waals surface area contributed by atoms with Crippen molar-refractivity contribution in [2.75, 3.05) is 5.32 Å². The molecule has 1 aromatic carbocycles. The minimum absolute atomic E-state index is 0.0972. The molecule has 0 spiro atoms. The van der Waals surface area contributed by atoms with Gasteiger partial charge in [0.2, 0.25) is 0 Å². The molecule has 3 heterocycles. The summed E-state index contributed by atoms with van der Waals surface area (Å²) in [6.07, 6.45) is 7.46. The lowest BCUT2D eigenvalue weighted by molar-refractivity contribution is 1.08. The predicted octanol–water partition coefficient (Wildman–Crippen LogP) is 4.84. The number of fused-ring (bicyclic) bond motifs is 1. The molecule has 0 fully saturated rings. The minimum atomic E-state index is -0.0972. The van der Waals surface area contributed by atoms with Gasteiger partial charge >= 0.3 is 0 Å². The number of pyridine rings is 2. The van der Waals surface area contributed by atoms with E-state index in [2.05, 4.69) is 44.6 Å². The molecule has 1 unspecified atom stereocenters. The van der Waals surface area contributed by atoms with E-state index in [4.69, 9.17) is 11.6 Å². The molecule has 1 atom stereocenters. The topological polar surface area (TPSA) is 50.2 Å². The van der Waals surface area contributed by atoms with Crippen LogP contribution in [0, 0.1) is 0 Å². The van der Waals surface area contributed by atoms with Crippen LogP contribution in [0.15, 0.2) is 64.8 Å². The van der Waals surface area contributed by atoms with Crippen molar-refractivity contribution < 1.29 is 0 Å². The Kier molecular flexibility index (Phi) is 4.19. The standard InChI is InChI=1S/C18H13ClN4S/c19-17-16(4-2-8-21-17)23-18-22-11-14(24-18)10-12-5-6-15-13(9-12)3-1-7-20-15/h1-11,18,23H/b14-10-. The average molecular weight is 353 g/mol. The summed E-state index contributed by atoms with van der Waals surface area (Å²) >= 11 is 7.71. The summed E-state index contributed by atoms with van der Waals surface area (Å²) in [5.41, 5.74) is 2.81. The first-order valence-corrected chi connectivity index (χ1v) is 8.67. The molecule has 2 aromatic heterocycles. The monoisotopic (exact) mass is 352 g/mol. The zero-order chi connectivity index (χ0) is 16.4. The average Bonchev–Trinajstić information content (AvgIpc) is 3.04. The maximum atomic E-state index is 6.07. The van der Waals surface area contributed by atoms with Crippen LogP contribution in [0.3, 0.4) is 0 Å². The van der Waals surface area contributed by atoms with E-state index in [1.807, 2.05) is 30.5 Å². The molecule has 4 rings (SSSR count). The fraction of sp³-hybridized carbons (Fsp3) is 0.0556. The Balaban J connectivity index is 1.50. The van der Waals surface area contributed by atoms with Crippen molar-refractivity contribution in [3.63, 3.8) is 0 Å². The van der Waals surface area contributed by atoms with Gasteiger partial charge in [-0.1, -0.05) is 35.5 Å². The zero-order valence-corrected chi connectivity index (χ0v) is 14.1. The van der Waals surface area contributed by atoms with Gasteiger partial charge in [0.25, 0.3) is 0 Å². The summed E-state index contributed by atoms with van der Waals surface area (Å²) in [5.74, 6) is 0. The van der Waals surface area contributed by atoms with Crippen LogP contribution >= 0.6 is 23.4 Å². The van der Waals surface area contributed by atoms with E-state index in [0.29, 0.717) is 5.15 Å². The Hall–Kier alpha value is -2.37. The Labute approximate surface area is 148 Å². The zero-order valence-electron chi connectivity index (χ0n) is 12.6. The molecule has 24 heavy (non-hydrogen) atoms. The van der Waals surface area contributed by atoms with Gasteiger partial charge in [0.05, 0.1) is 11.2 Å². The maximum Gasteiger partial charge on any atom is 0.171 e. The summed E-state index contributed by atoms with van der Waals surface area (Å²) in [6, 6.07) is 14.0. The van der Waals surface area contributed by atoms with Crippen molar-refractivity contribution in [2.45, 2.75) is 5.50 Å². The Morgan fingerprint density at radius 2 is 1.96 bits per heavy atom. The quantitative estimate of drug-likeness (QED) is 0.685. The van der Waals surface area contributed by atoms with Crippen molar-refractivity contribution in [1.82, 2.24) is 9.97 Å². The lowest BCUT2D eigenvalue weighted by Gasteiger charge is -2.11. The molecule has 0 aliphatic carbocycles. The van der Waals surface area contributed by atoms with Crippen LogP contribution in [0.4, 0.5) is 5.69 Å². The minimum Gasteiger partial charge on any atom is -0.353 e. The first kappa shape index (κ1) is 15.2. The molecule has 1 aliphatic heterocycles. The maximum absolute atomic E-state index is 6.07. The number of nitrogens with one attached hydrogen (secondary N) is 1. The molecule has 3 aromatic rings. The lowest BCUT2D eigenvalue weighted by Crippen LogP contribution is -2.10. The number of hydrogen-bond donors (Lipinski definition) is 1. The van der Waals surface area contributed by atoms with Crippen LogP contribution in [0.5, 0.6) is 0 Å². The molecule has 6 heteroatoms. The molecular weight excluding hydrogens is 340 g/mol. The van der Waals surface area contributed by atoms with Crippen LogP contribution in [0.25, 0.3) is 17.0 Å². The lowest BCUT2D eigenvalue weighted by atomic mass is 10.1. The third kappa shape index (κ3) is 3.27. The summed E-state index contributed by atoms with van der Waals surface area (Å²) in [6.45, 7) is 0. The SMILES string of the molecule is Clc1ncccc1NC1N=C/C(=C/c2ccc3ncccc3c2)S1. The number of rotatable bonds is 3. The summed E-state index contributed by atoms with van der Waals surface area (Å²) < 4.78 is 0. The van der Waals surface area contributed by atoms with E-state index in [9.17, 15) is 0 Å². The number of nitrogens with zero attached hydrogens (tertiary/aromatic N) is 3. The van der Waals surface area contributed by atoms with Crippen LogP contribution in [0.1, 0.15) is 5.56 Å². The second-order valence-electron chi connectivity index (χ2n) is 5.24. The third-order valence-corrected chi connectivity index (χ3v) is 4.82. The van der Waals surface area contributed by atoms with Crippen LogP contribution in [-0.2, 0) is 0 Å². The number of anilines is 1. The van der Waals surface area contributed by atoms with E-state index >= 15 is 0 Å². The Morgan fingerprint density at radius 1 is 1.08 bits per heavy atom. The number of aromatic nitrogens is 2. The second-order valence-corrected chi connectivity index (χ2v) is 6.75. The molecule has 118 valence electrons. The van der Waals surface area contributed by atoms with Crippen molar-refractivity contribution >= 4 is 52.2 Å². The predicted molar refractivity (Wildman–Crippen MR) is 102 cm³/mol. The van der Waals surface area contributed by atoms with Gasteiger partial charge in [-0.15, -0.1) is 0 Å². The number of halogens is 1. The van der Waals surface area contributed by atoms with Gasteiger partial charge in [-0.05, 0) is 42.0 Å². The number of thioether (sulfide) groups is 1. The second kappa shape index (κ2) is 6.63. The highest BCUT2D eigenvalue weighted by Gasteiger charge is 2.16. The molecule has 0 amide bonds. The molecule has 0 saturated heterocycles. The van der Waals surface area contributed by atoms with Crippen molar-refractivity contribution in [2.24, 2.45) is 4.99 Å². The highest BCUT2D eigenvalue weighted by molar-refractivity contribution is 8.05. The summed E-state index contributed by atoms with van der Waals surface area (Å²) in [7, 11) is 0. The normalized spacial score (nSPS) is 18.4. The smallest absolute Gasteiger partial charge is 0.171 e. The highest BCUT2D eigenvalue weighted by Crippen LogP contribution is 2.31. The highest BCUT2D eigenvalue weighted by atomic mass is 35.5. The Morgan fingerprint density at radius 3 is 2.88 bits per heavy atom. The van der Waals surface area contributed by atoms with Gasteiger partial charge in [-0.3, -0.25) is 9.98 Å². The van der Waals surface area contributed by atoms with Gasteiger partial charge < -0.3 is 5.32 Å². The van der Waals surface area contributed by atoms with Crippen molar-refractivity contribution in [3.8, 4) is 0 Å². The van der Waals surface area contributed by atoms with Crippen LogP contribution in [0.2, 0.25) is 5.15 Å². The van der Waals surface area contributed by atoms with E-state index in [1.165, 1.54) is 0 Å². The number of allylic oxidation sites excluding steroid dienone is 1. The molecule has 0 saturated carbocycles. The molecule has 0 bridgehead atoms. The molecule has 1 N–H and O–H groups in total. The molecule has 0 radical (unpaired) electrons. The van der Waals surface area contributed by atoms with Crippen LogP contribution < -0.4 is 5.32 Å². The molecule has 1 aliphatic rings. The van der Waals surface area contributed by atoms with Gasteiger partial charge in [0, 0.05) is 28.9 Å². The van der Waals surface area contributed by atoms with Crippen molar-refractivity contribution in [1.29, 1.82) is 0 Å². The first-order chi connectivity index (χ1) is 11.8. The van der Waals surface area contributed by atoms with Crippen LogP contribution in [-0.4, -0.2) is 21.7 Å². The number of aliphatic imine (C=N–C) groups is 1. The van der Waals surface area contributed by atoms with E-state index in [-0.39, 0.29) is 5.50 Å². The van der Waals surface area contributed by atoms with Gasteiger partial charge in [0.1, 0.15) is 0 Å². The summed E-state index contributed by atoms with van der Waals surface area (Å²) in [5, 5.41) is 4.85.